The molecule has 0 aromatic carbocycles. The average molecular weight is 504 g/mol. The second-order valence-electron chi connectivity index (χ2n) is 8.84. The van der Waals surface area contributed by atoms with Crippen LogP contribution in [0.5, 0.6) is 0 Å². The molecule has 0 fully saturated rings. The lowest BCUT2D eigenvalue weighted by molar-refractivity contribution is -0.143. The normalized spacial score (nSPS) is 14.6. The van der Waals surface area contributed by atoms with E-state index in [0.717, 1.165) is 18.5 Å². The predicted octanol–water partition coefficient (Wildman–Crippen LogP) is 5.68. The lowest BCUT2D eigenvalue weighted by atomic mass is 10.1. The number of carbonyl (C=O) groups is 2. The Labute approximate surface area is 196 Å². The Balaban J connectivity index is 2.00. The number of rotatable bonds is 4. The maximum atomic E-state index is 13.8. The first-order chi connectivity index (χ1) is 16.1. The van der Waals surface area contributed by atoms with Crippen LogP contribution in [-0.4, -0.2) is 37.3 Å². The van der Waals surface area contributed by atoms with Crippen LogP contribution in [0.4, 0.5) is 31.1 Å². The lowest BCUT2D eigenvalue weighted by Gasteiger charge is -2.26. The number of halogens is 6. The number of carbonyl (C=O) groups excluding carboxylic acids is 2. The number of hydrogen-bond acceptors (Lipinski definition) is 5. The van der Waals surface area contributed by atoms with E-state index in [-0.39, 0.29) is 11.3 Å². The number of imide groups is 1. The van der Waals surface area contributed by atoms with Crippen LogP contribution in [0.15, 0.2) is 36.2 Å². The van der Waals surface area contributed by atoms with Gasteiger partial charge in [0.2, 0.25) is 0 Å². The molecule has 0 unspecified atom stereocenters. The summed E-state index contributed by atoms with van der Waals surface area (Å²) in [6.07, 6.45) is -5.99. The molecular formula is C22H22F6N4O3. The number of allylic oxidation sites excluding steroid dienone is 1. The smallest absolute Gasteiger partial charge is 0.435 e. The minimum absolute atomic E-state index is 0.177. The average Bonchev–Trinajstić information content (AvgIpc) is 3.39. The van der Waals surface area contributed by atoms with Crippen molar-refractivity contribution in [3.63, 3.8) is 0 Å². The Morgan fingerprint density at radius 3 is 2.26 bits per heavy atom. The molecule has 2 amide bonds. The zero-order valence-corrected chi connectivity index (χ0v) is 19.0. The summed E-state index contributed by atoms with van der Waals surface area (Å²) < 4.78 is 85.5. The van der Waals surface area contributed by atoms with Gasteiger partial charge in [0, 0.05) is 17.3 Å². The maximum absolute atomic E-state index is 13.8. The fraction of sp³-hybridized carbons (Fsp3) is 0.455. The topological polar surface area (TPSA) is 77.3 Å². The van der Waals surface area contributed by atoms with Crippen LogP contribution in [0, 0.1) is 0 Å². The van der Waals surface area contributed by atoms with Gasteiger partial charge in [0.15, 0.2) is 5.69 Å². The van der Waals surface area contributed by atoms with Gasteiger partial charge in [-0.2, -0.15) is 31.4 Å². The quantitative estimate of drug-likeness (QED) is 0.501. The molecule has 2 heterocycles. The van der Waals surface area contributed by atoms with E-state index in [9.17, 15) is 35.9 Å². The van der Waals surface area contributed by atoms with E-state index in [1.165, 1.54) is 0 Å². The van der Waals surface area contributed by atoms with E-state index >= 15 is 0 Å². The van der Waals surface area contributed by atoms with Gasteiger partial charge in [-0.05, 0) is 52.2 Å². The molecule has 0 radical (unpaired) electrons. The van der Waals surface area contributed by atoms with Gasteiger partial charge in [0.05, 0.1) is 18.4 Å². The molecule has 13 heteroatoms. The summed E-state index contributed by atoms with van der Waals surface area (Å²) in [6.45, 7) is 3.81. The van der Waals surface area contributed by atoms with Crippen molar-refractivity contribution in [3.05, 3.63) is 53.1 Å². The summed E-state index contributed by atoms with van der Waals surface area (Å²) in [4.78, 5) is 29.5. The van der Waals surface area contributed by atoms with Crippen LogP contribution in [0.2, 0.25) is 0 Å². The van der Waals surface area contributed by atoms with Gasteiger partial charge in [-0.25, -0.2) is 19.4 Å². The fourth-order valence-electron chi connectivity index (χ4n) is 3.33. The van der Waals surface area contributed by atoms with Crippen LogP contribution < -0.4 is 0 Å². The second-order valence-corrected chi connectivity index (χ2v) is 8.84. The molecule has 7 nitrogen and oxygen atoms in total. The van der Waals surface area contributed by atoms with Crippen LogP contribution in [0.3, 0.4) is 0 Å². The molecule has 3 rings (SSSR count). The van der Waals surface area contributed by atoms with Crippen LogP contribution >= 0.6 is 0 Å². The Morgan fingerprint density at radius 2 is 1.77 bits per heavy atom. The van der Waals surface area contributed by atoms with E-state index in [1.807, 2.05) is 0 Å². The van der Waals surface area contributed by atoms with Crippen molar-refractivity contribution in [2.75, 3.05) is 0 Å². The third-order valence-electron chi connectivity index (χ3n) is 4.86. The highest BCUT2D eigenvalue weighted by molar-refractivity contribution is 6.02. The number of pyridine rings is 1. The van der Waals surface area contributed by atoms with Gasteiger partial charge in [0.1, 0.15) is 11.3 Å². The van der Waals surface area contributed by atoms with E-state index in [4.69, 9.17) is 4.74 Å². The molecular weight excluding hydrogens is 482 g/mol. The predicted molar refractivity (Wildman–Crippen MR) is 110 cm³/mol. The lowest BCUT2D eigenvalue weighted by Crippen LogP contribution is -2.41. The molecule has 35 heavy (non-hydrogen) atoms. The van der Waals surface area contributed by atoms with Crippen molar-refractivity contribution in [2.45, 2.75) is 64.5 Å². The number of nitrogens with zero attached hydrogens (tertiary/aromatic N) is 4. The Morgan fingerprint density at radius 1 is 1.09 bits per heavy atom. The monoisotopic (exact) mass is 504 g/mol. The SMILES string of the molecule is CC(C)(C)OC(=O)N(Cc1cn(-c2ccc(C(F)(F)F)nc2)nc1C(F)(F)F)C(=O)C1=CCCC1. The third kappa shape index (κ3) is 6.40. The molecule has 1 aliphatic carbocycles. The molecule has 0 N–H and O–H groups in total. The highest BCUT2D eigenvalue weighted by atomic mass is 19.4. The summed E-state index contributed by atoms with van der Waals surface area (Å²) in [7, 11) is 0. The van der Waals surface area contributed by atoms with Crippen molar-refractivity contribution in [3.8, 4) is 5.69 Å². The minimum Gasteiger partial charge on any atom is -0.443 e. The molecule has 190 valence electrons. The third-order valence-corrected chi connectivity index (χ3v) is 4.86. The van der Waals surface area contributed by atoms with Crippen molar-refractivity contribution >= 4 is 12.0 Å². The van der Waals surface area contributed by atoms with E-state index in [0.29, 0.717) is 34.9 Å². The summed E-state index contributed by atoms with van der Waals surface area (Å²) in [5.41, 5.74) is -4.10. The molecule has 2 aromatic heterocycles. The van der Waals surface area contributed by atoms with Crippen LogP contribution in [0.25, 0.3) is 5.69 Å². The highest BCUT2D eigenvalue weighted by Gasteiger charge is 2.40. The summed E-state index contributed by atoms with van der Waals surface area (Å²) >= 11 is 0. The molecule has 0 saturated carbocycles. The molecule has 1 aliphatic rings. The summed E-state index contributed by atoms with van der Waals surface area (Å²) in [5.74, 6) is -0.783. The van der Waals surface area contributed by atoms with Crippen LogP contribution in [0.1, 0.15) is 57.0 Å². The largest absolute Gasteiger partial charge is 0.443 e. The minimum atomic E-state index is -4.98. The molecule has 0 aliphatic heterocycles. The van der Waals surface area contributed by atoms with Crippen molar-refractivity contribution in [1.82, 2.24) is 19.7 Å². The van der Waals surface area contributed by atoms with E-state index < -0.39 is 53.5 Å². The zero-order valence-electron chi connectivity index (χ0n) is 19.0. The maximum Gasteiger partial charge on any atom is 0.435 e. The molecule has 0 saturated heterocycles. The standard InChI is InChI=1S/C22H22F6N4O3/c1-20(2,3)35-19(34)31(18(33)13-6-4-5-7-13)11-14-12-32(30-17(14)22(26,27)28)15-8-9-16(29-10-15)21(23,24)25/h6,8-10,12H,4-5,7,11H2,1-3H3. The van der Waals surface area contributed by atoms with Gasteiger partial charge >= 0.3 is 18.4 Å². The number of alkyl halides is 6. The van der Waals surface area contributed by atoms with Gasteiger partial charge < -0.3 is 4.74 Å². The van der Waals surface area contributed by atoms with Crippen LogP contribution in [-0.2, 0) is 28.4 Å². The highest BCUT2D eigenvalue weighted by Crippen LogP contribution is 2.33. The second kappa shape index (κ2) is 9.34. The van der Waals surface area contributed by atoms with Gasteiger partial charge in [-0.3, -0.25) is 4.79 Å². The van der Waals surface area contributed by atoms with Crippen molar-refractivity contribution < 1.29 is 40.7 Å². The van der Waals surface area contributed by atoms with Gasteiger partial charge in [-0.1, -0.05) is 6.08 Å². The molecule has 0 spiro atoms. The van der Waals surface area contributed by atoms with Crippen molar-refractivity contribution in [1.29, 1.82) is 0 Å². The van der Waals surface area contributed by atoms with Gasteiger partial charge in [0.25, 0.3) is 5.91 Å². The Hall–Kier alpha value is -3.38. The van der Waals surface area contributed by atoms with E-state index in [2.05, 4.69) is 10.1 Å². The molecule has 0 bridgehead atoms. The van der Waals surface area contributed by atoms with Crippen molar-refractivity contribution in [2.24, 2.45) is 0 Å². The Kier molecular flexibility index (Phi) is 7.00. The number of amides is 2. The summed E-state index contributed by atoms with van der Waals surface area (Å²) in [5, 5.41) is 3.45. The van der Waals surface area contributed by atoms with Gasteiger partial charge in [-0.15, -0.1) is 0 Å². The number of ether oxygens (including phenoxy) is 1. The first kappa shape index (κ1) is 26.2. The first-order valence-corrected chi connectivity index (χ1v) is 10.5. The molecule has 0 atom stereocenters. The number of aromatic nitrogens is 3. The Bertz CT molecular complexity index is 1130. The number of hydrogen-bond donors (Lipinski definition) is 0. The molecule has 2 aromatic rings. The fourth-order valence-corrected chi connectivity index (χ4v) is 3.33. The zero-order chi connectivity index (χ0) is 26.2. The summed E-state index contributed by atoms with van der Waals surface area (Å²) in [6, 6.07) is 1.51. The van der Waals surface area contributed by atoms with E-state index in [1.54, 1.807) is 26.8 Å². The first-order valence-electron chi connectivity index (χ1n) is 10.5.